The van der Waals surface area contributed by atoms with E-state index in [9.17, 15) is 9.59 Å². The molecule has 2 heterocycles. The maximum Gasteiger partial charge on any atom is 0.270 e. The Morgan fingerprint density at radius 2 is 1.92 bits per heavy atom. The minimum absolute atomic E-state index is 0.0460. The lowest BCUT2D eigenvalue weighted by Gasteiger charge is -2.39. The molecule has 5 heteroatoms. The molecular weight excluding hydrogens is 304 g/mol. The summed E-state index contributed by atoms with van der Waals surface area (Å²) < 4.78 is 5.89. The molecule has 1 aromatic rings. The number of ether oxygens (including phenoxy) is 1. The lowest BCUT2D eigenvalue weighted by Crippen LogP contribution is -2.54. The van der Waals surface area contributed by atoms with Crippen LogP contribution in [0, 0.1) is 0 Å². The van der Waals surface area contributed by atoms with Crippen molar-refractivity contribution in [3.8, 4) is 5.75 Å². The molecule has 2 aliphatic rings. The summed E-state index contributed by atoms with van der Waals surface area (Å²) in [6, 6.07) is 5.41. The second kappa shape index (κ2) is 6.55. The van der Waals surface area contributed by atoms with Crippen LogP contribution in [0.3, 0.4) is 0 Å². The molecule has 5 nitrogen and oxygen atoms in total. The van der Waals surface area contributed by atoms with Crippen LogP contribution in [0.4, 0.5) is 5.69 Å². The monoisotopic (exact) mass is 330 g/mol. The van der Waals surface area contributed by atoms with Gasteiger partial charge in [0.1, 0.15) is 5.75 Å². The smallest absolute Gasteiger partial charge is 0.270 e. The van der Waals surface area contributed by atoms with Crippen molar-refractivity contribution in [2.75, 3.05) is 31.1 Å². The Kier molecular flexibility index (Phi) is 4.63. The summed E-state index contributed by atoms with van der Waals surface area (Å²) in [7, 11) is 0. The van der Waals surface area contributed by atoms with Gasteiger partial charge in [0.05, 0.1) is 5.69 Å². The van der Waals surface area contributed by atoms with Gasteiger partial charge in [0.2, 0.25) is 0 Å². The van der Waals surface area contributed by atoms with Crippen LogP contribution < -0.4 is 9.64 Å². The summed E-state index contributed by atoms with van der Waals surface area (Å²) in [5, 5.41) is 0. The number of nitrogens with zero attached hydrogens (tertiary/aromatic N) is 2. The number of amides is 1. The van der Waals surface area contributed by atoms with Crippen LogP contribution in [0.1, 0.15) is 50.4 Å². The maximum absolute atomic E-state index is 12.9. The normalized spacial score (nSPS) is 20.0. The summed E-state index contributed by atoms with van der Waals surface area (Å²) in [6.45, 7) is 9.12. The Hall–Kier alpha value is -1.88. The van der Waals surface area contributed by atoms with Crippen molar-refractivity contribution in [2.24, 2.45) is 0 Å². The number of benzene rings is 1. The predicted molar refractivity (Wildman–Crippen MR) is 93.8 cm³/mol. The Balaban J connectivity index is 1.90. The van der Waals surface area contributed by atoms with E-state index in [4.69, 9.17) is 4.74 Å². The third-order valence-corrected chi connectivity index (χ3v) is 4.86. The molecule has 0 aliphatic carbocycles. The fraction of sp³-hybridized carbons (Fsp3) is 0.579. The SMILES string of the molecule is CCC(=O)c1ccc2c(c1)N(CCN1CCCC1)C(=O)C(C)(C)O2. The number of hydrogen-bond acceptors (Lipinski definition) is 4. The van der Waals surface area contributed by atoms with Crippen LogP contribution in [-0.2, 0) is 4.79 Å². The molecule has 0 saturated carbocycles. The molecule has 130 valence electrons. The van der Waals surface area contributed by atoms with Crippen LogP contribution in [0.25, 0.3) is 0 Å². The molecule has 1 saturated heterocycles. The number of rotatable bonds is 5. The molecule has 0 atom stereocenters. The number of carbonyl (C=O) groups is 2. The fourth-order valence-corrected chi connectivity index (χ4v) is 3.41. The number of Topliss-reactive ketones (excluding diaryl/α,β-unsaturated/α-hetero) is 1. The van der Waals surface area contributed by atoms with Crippen molar-refractivity contribution in [3.63, 3.8) is 0 Å². The summed E-state index contributed by atoms with van der Waals surface area (Å²) in [5.74, 6) is 0.707. The number of ketones is 1. The van der Waals surface area contributed by atoms with E-state index in [0.29, 0.717) is 24.3 Å². The van der Waals surface area contributed by atoms with E-state index in [1.165, 1.54) is 12.8 Å². The van der Waals surface area contributed by atoms with Gasteiger partial charge in [-0.05, 0) is 58.0 Å². The van der Waals surface area contributed by atoms with Gasteiger partial charge in [-0.1, -0.05) is 6.92 Å². The molecule has 24 heavy (non-hydrogen) atoms. The molecule has 0 aromatic heterocycles. The minimum Gasteiger partial charge on any atom is -0.476 e. The van der Waals surface area contributed by atoms with Crippen molar-refractivity contribution in [2.45, 2.75) is 45.6 Å². The number of carbonyl (C=O) groups excluding carboxylic acids is 2. The van der Waals surface area contributed by atoms with Crippen molar-refractivity contribution in [3.05, 3.63) is 23.8 Å². The summed E-state index contributed by atoms with van der Waals surface area (Å²) >= 11 is 0. The lowest BCUT2D eigenvalue weighted by atomic mass is 10.0. The molecule has 3 rings (SSSR count). The van der Waals surface area contributed by atoms with Crippen LogP contribution in [0.2, 0.25) is 0 Å². The quantitative estimate of drug-likeness (QED) is 0.779. The topological polar surface area (TPSA) is 49.9 Å². The number of fused-ring (bicyclic) bond motifs is 1. The predicted octanol–water partition coefficient (Wildman–Crippen LogP) is 2.88. The zero-order chi connectivity index (χ0) is 17.3. The summed E-state index contributed by atoms with van der Waals surface area (Å²) in [4.78, 5) is 29.1. The van der Waals surface area contributed by atoms with Crippen LogP contribution in [0.15, 0.2) is 18.2 Å². The Morgan fingerprint density at radius 3 is 2.58 bits per heavy atom. The largest absolute Gasteiger partial charge is 0.476 e. The second-order valence-electron chi connectivity index (χ2n) is 7.08. The van der Waals surface area contributed by atoms with Crippen LogP contribution >= 0.6 is 0 Å². The van der Waals surface area contributed by atoms with Gasteiger partial charge in [-0.25, -0.2) is 0 Å². The average molecular weight is 330 g/mol. The Bertz CT molecular complexity index is 648. The molecular formula is C19H26N2O3. The average Bonchev–Trinajstić information content (AvgIpc) is 3.07. The fourth-order valence-electron chi connectivity index (χ4n) is 3.41. The van der Waals surface area contributed by atoms with E-state index in [1.807, 2.05) is 13.0 Å². The van der Waals surface area contributed by atoms with Crippen molar-refractivity contribution < 1.29 is 14.3 Å². The first-order chi connectivity index (χ1) is 11.4. The van der Waals surface area contributed by atoms with Crippen LogP contribution in [-0.4, -0.2) is 48.4 Å². The van der Waals surface area contributed by atoms with E-state index in [-0.39, 0.29) is 11.7 Å². The summed E-state index contributed by atoms with van der Waals surface area (Å²) in [5.41, 5.74) is 0.477. The van der Waals surface area contributed by atoms with Gasteiger partial charge in [-0.2, -0.15) is 0 Å². The minimum atomic E-state index is -0.881. The Labute approximate surface area is 143 Å². The zero-order valence-electron chi connectivity index (χ0n) is 14.8. The molecule has 2 aliphatic heterocycles. The Morgan fingerprint density at radius 1 is 1.21 bits per heavy atom. The first-order valence-electron chi connectivity index (χ1n) is 8.83. The number of hydrogen-bond donors (Lipinski definition) is 0. The van der Waals surface area contributed by atoms with Crippen molar-refractivity contribution in [1.82, 2.24) is 4.90 Å². The number of anilines is 1. The maximum atomic E-state index is 12.9. The van der Waals surface area contributed by atoms with Crippen LogP contribution in [0.5, 0.6) is 5.75 Å². The first-order valence-corrected chi connectivity index (χ1v) is 8.83. The van der Waals surface area contributed by atoms with Gasteiger partial charge in [-0.15, -0.1) is 0 Å². The van der Waals surface area contributed by atoms with Gasteiger partial charge >= 0.3 is 0 Å². The van der Waals surface area contributed by atoms with Crippen molar-refractivity contribution >= 4 is 17.4 Å². The highest BCUT2D eigenvalue weighted by Gasteiger charge is 2.41. The highest BCUT2D eigenvalue weighted by atomic mass is 16.5. The van der Waals surface area contributed by atoms with E-state index >= 15 is 0 Å². The number of likely N-dealkylation sites (tertiary alicyclic amines) is 1. The molecule has 0 N–H and O–H groups in total. The van der Waals surface area contributed by atoms with E-state index in [1.54, 1.807) is 30.9 Å². The molecule has 1 aromatic carbocycles. The van der Waals surface area contributed by atoms with E-state index in [2.05, 4.69) is 4.90 Å². The molecule has 0 bridgehead atoms. The van der Waals surface area contributed by atoms with Gasteiger partial charge in [0.25, 0.3) is 5.91 Å². The van der Waals surface area contributed by atoms with E-state index < -0.39 is 5.60 Å². The third-order valence-electron chi connectivity index (χ3n) is 4.86. The zero-order valence-corrected chi connectivity index (χ0v) is 14.8. The van der Waals surface area contributed by atoms with E-state index in [0.717, 1.165) is 25.3 Å². The van der Waals surface area contributed by atoms with Gasteiger partial charge in [0, 0.05) is 25.1 Å². The third kappa shape index (κ3) is 3.18. The highest BCUT2D eigenvalue weighted by Crippen LogP contribution is 2.38. The highest BCUT2D eigenvalue weighted by molar-refractivity contribution is 6.04. The standard InChI is InChI=1S/C19H26N2O3/c1-4-16(22)14-7-8-17-15(13-14)21(18(23)19(2,3)24-17)12-11-20-9-5-6-10-20/h7-8,13H,4-6,9-12H2,1-3H3. The first kappa shape index (κ1) is 17.0. The summed E-state index contributed by atoms with van der Waals surface area (Å²) in [6.07, 6.45) is 2.91. The molecule has 0 spiro atoms. The molecule has 0 unspecified atom stereocenters. The lowest BCUT2D eigenvalue weighted by molar-refractivity contribution is -0.132. The van der Waals surface area contributed by atoms with Gasteiger partial charge in [0.15, 0.2) is 11.4 Å². The molecule has 1 fully saturated rings. The molecule has 1 amide bonds. The second-order valence-corrected chi connectivity index (χ2v) is 7.08. The van der Waals surface area contributed by atoms with Gasteiger partial charge < -0.3 is 14.5 Å². The van der Waals surface area contributed by atoms with Crippen molar-refractivity contribution in [1.29, 1.82) is 0 Å². The van der Waals surface area contributed by atoms with Gasteiger partial charge in [-0.3, -0.25) is 9.59 Å². The molecule has 0 radical (unpaired) electrons.